The van der Waals surface area contributed by atoms with Crippen molar-refractivity contribution >= 4 is 0 Å². The lowest BCUT2D eigenvalue weighted by atomic mass is 10.0. The molecule has 0 aromatic heterocycles. The van der Waals surface area contributed by atoms with Crippen molar-refractivity contribution in [3.8, 4) is 0 Å². The molecule has 100 valence electrons. The second-order valence-electron chi connectivity index (χ2n) is 5.46. The van der Waals surface area contributed by atoms with E-state index in [1.165, 1.54) is 37.9 Å². The molecule has 1 heterocycles. The Morgan fingerprint density at radius 3 is 2.72 bits per heavy atom. The highest BCUT2D eigenvalue weighted by molar-refractivity contribution is 5.14. The molecular weight excluding hydrogens is 220 g/mol. The van der Waals surface area contributed by atoms with E-state index in [4.69, 9.17) is 0 Å². The minimum atomic E-state index is 0.740. The maximum Gasteiger partial charge on any atom is 0.0237 e. The van der Waals surface area contributed by atoms with Crippen LogP contribution in [0.5, 0.6) is 0 Å². The molecule has 1 aromatic carbocycles. The Bertz CT molecular complexity index is 336. The van der Waals surface area contributed by atoms with Crippen LogP contribution >= 0.6 is 0 Å². The van der Waals surface area contributed by atoms with Crippen molar-refractivity contribution < 1.29 is 0 Å². The number of likely N-dealkylation sites (tertiary alicyclic amines) is 1. The lowest BCUT2D eigenvalue weighted by molar-refractivity contribution is 0.108. The van der Waals surface area contributed by atoms with E-state index in [1.807, 2.05) is 0 Å². The molecular formula is C16H26N2. The maximum absolute atomic E-state index is 2.67. The Labute approximate surface area is 112 Å². The zero-order valence-electron chi connectivity index (χ0n) is 11.8. The highest BCUT2D eigenvalue weighted by atomic mass is 15.2. The maximum atomic E-state index is 2.67. The number of hydrogen-bond donors (Lipinski definition) is 0. The number of benzene rings is 1. The van der Waals surface area contributed by atoms with Crippen LogP contribution in [0.25, 0.3) is 0 Å². The first-order valence-corrected chi connectivity index (χ1v) is 7.26. The Balaban J connectivity index is 1.95. The summed E-state index contributed by atoms with van der Waals surface area (Å²) < 4.78 is 0. The third kappa shape index (κ3) is 3.82. The van der Waals surface area contributed by atoms with Crippen LogP contribution in [0, 0.1) is 0 Å². The average Bonchev–Trinajstić information content (AvgIpc) is 2.42. The van der Waals surface area contributed by atoms with E-state index < -0.39 is 0 Å². The molecule has 1 aliphatic rings. The molecule has 0 N–H and O–H groups in total. The predicted molar refractivity (Wildman–Crippen MR) is 77.7 cm³/mol. The van der Waals surface area contributed by atoms with Crippen LogP contribution in [0.4, 0.5) is 0 Å². The fraction of sp³-hybridized carbons (Fsp3) is 0.625. The molecule has 0 amide bonds. The van der Waals surface area contributed by atoms with Crippen molar-refractivity contribution in [3.63, 3.8) is 0 Å². The normalized spacial score (nSPS) is 21.4. The summed E-state index contributed by atoms with van der Waals surface area (Å²) in [7, 11) is 2.23. The summed E-state index contributed by atoms with van der Waals surface area (Å²) in [5.41, 5.74) is 1.45. The molecule has 2 heteroatoms. The Morgan fingerprint density at radius 2 is 2.00 bits per heavy atom. The van der Waals surface area contributed by atoms with E-state index in [9.17, 15) is 0 Å². The van der Waals surface area contributed by atoms with Gasteiger partial charge in [0.2, 0.25) is 0 Å². The van der Waals surface area contributed by atoms with Crippen LogP contribution in [0.2, 0.25) is 0 Å². The molecule has 0 aliphatic carbocycles. The molecule has 2 rings (SSSR count). The van der Waals surface area contributed by atoms with E-state index in [1.54, 1.807) is 0 Å². The van der Waals surface area contributed by atoms with Crippen molar-refractivity contribution in [2.75, 3.05) is 26.7 Å². The summed E-state index contributed by atoms with van der Waals surface area (Å²) in [6.45, 7) is 6.98. The number of nitrogens with zero attached hydrogens (tertiary/aromatic N) is 2. The second kappa shape index (κ2) is 6.91. The summed E-state index contributed by atoms with van der Waals surface area (Å²) in [5, 5.41) is 0. The summed E-state index contributed by atoms with van der Waals surface area (Å²) >= 11 is 0. The molecule has 18 heavy (non-hydrogen) atoms. The van der Waals surface area contributed by atoms with Gasteiger partial charge in [0.1, 0.15) is 0 Å². The van der Waals surface area contributed by atoms with Crippen LogP contribution in [-0.4, -0.2) is 42.5 Å². The van der Waals surface area contributed by atoms with Crippen LogP contribution < -0.4 is 0 Å². The molecule has 1 atom stereocenters. The molecule has 1 saturated heterocycles. The SMILES string of the molecule is CCN(C)CC1CCCCN1Cc1ccccc1. The second-order valence-corrected chi connectivity index (χ2v) is 5.46. The smallest absolute Gasteiger partial charge is 0.0237 e. The molecule has 0 radical (unpaired) electrons. The van der Waals surface area contributed by atoms with Crippen LogP contribution in [0.1, 0.15) is 31.7 Å². The zero-order chi connectivity index (χ0) is 12.8. The Kier molecular flexibility index (Phi) is 5.21. The van der Waals surface area contributed by atoms with E-state index >= 15 is 0 Å². The summed E-state index contributed by atoms with van der Waals surface area (Å²) in [5.74, 6) is 0. The van der Waals surface area contributed by atoms with E-state index in [2.05, 4.69) is 54.1 Å². The van der Waals surface area contributed by atoms with Gasteiger partial charge in [-0.15, -0.1) is 0 Å². The minimum absolute atomic E-state index is 0.740. The molecule has 2 nitrogen and oxygen atoms in total. The van der Waals surface area contributed by atoms with Crippen molar-refractivity contribution in [2.24, 2.45) is 0 Å². The number of hydrogen-bond acceptors (Lipinski definition) is 2. The van der Waals surface area contributed by atoms with Gasteiger partial charge in [-0.2, -0.15) is 0 Å². The number of likely N-dealkylation sites (N-methyl/N-ethyl adjacent to an activating group) is 1. The fourth-order valence-electron chi connectivity index (χ4n) is 2.78. The van der Waals surface area contributed by atoms with Crippen LogP contribution in [0.15, 0.2) is 30.3 Å². The van der Waals surface area contributed by atoms with Gasteiger partial charge in [0.25, 0.3) is 0 Å². The minimum Gasteiger partial charge on any atom is -0.305 e. The van der Waals surface area contributed by atoms with E-state index in [0.717, 1.165) is 19.1 Å². The highest BCUT2D eigenvalue weighted by Gasteiger charge is 2.23. The lowest BCUT2D eigenvalue weighted by Crippen LogP contribution is -2.45. The van der Waals surface area contributed by atoms with Gasteiger partial charge < -0.3 is 4.90 Å². The fourth-order valence-corrected chi connectivity index (χ4v) is 2.78. The molecule has 1 aliphatic heterocycles. The average molecular weight is 246 g/mol. The van der Waals surface area contributed by atoms with Gasteiger partial charge in [0.15, 0.2) is 0 Å². The molecule has 0 spiro atoms. The third-order valence-electron chi connectivity index (χ3n) is 4.04. The van der Waals surface area contributed by atoms with E-state index in [-0.39, 0.29) is 0 Å². The van der Waals surface area contributed by atoms with Crippen molar-refractivity contribution in [3.05, 3.63) is 35.9 Å². The predicted octanol–water partition coefficient (Wildman–Crippen LogP) is 2.99. The van der Waals surface area contributed by atoms with Gasteiger partial charge in [0.05, 0.1) is 0 Å². The quantitative estimate of drug-likeness (QED) is 0.788. The van der Waals surface area contributed by atoms with Gasteiger partial charge in [0, 0.05) is 19.1 Å². The van der Waals surface area contributed by atoms with Gasteiger partial charge >= 0.3 is 0 Å². The summed E-state index contributed by atoms with van der Waals surface area (Å²) in [4.78, 5) is 5.11. The topological polar surface area (TPSA) is 6.48 Å². The van der Waals surface area contributed by atoms with Gasteiger partial charge in [-0.1, -0.05) is 43.7 Å². The molecule has 1 unspecified atom stereocenters. The van der Waals surface area contributed by atoms with Crippen molar-refractivity contribution in [1.29, 1.82) is 0 Å². The number of rotatable bonds is 5. The standard InChI is InChI=1S/C16H26N2/c1-3-17(2)14-16-11-7-8-12-18(16)13-15-9-5-4-6-10-15/h4-6,9-10,16H,3,7-8,11-14H2,1-2H3. The third-order valence-corrected chi connectivity index (χ3v) is 4.04. The lowest BCUT2D eigenvalue weighted by Gasteiger charge is -2.37. The monoisotopic (exact) mass is 246 g/mol. The first-order valence-electron chi connectivity index (χ1n) is 7.26. The van der Waals surface area contributed by atoms with Gasteiger partial charge in [-0.3, -0.25) is 4.90 Å². The van der Waals surface area contributed by atoms with E-state index in [0.29, 0.717) is 0 Å². The first-order chi connectivity index (χ1) is 8.79. The van der Waals surface area contributed by atoms with Crippen molar-refractivity contribution in [2.45, 2.75) is 38.8 Å². The molecule has 1 aromatic rings. The highest BCUT2D eigenvalue weighted by Crippen LogP contribution is 2.20. The Hall–Kier alpha value is -0.860. The molecule has 1 fully saturated rings. The van der Waals surface area contributed by atoms with Crippen molar-refractivity contribution in [1.82, 2.24) is 9.80 Å². The van der Waals surface area contributed by atoms with Gasteiger partial charge in [-0.05, 0) is 38.5 Å². The Morgan fingerprint density at radius 1 is 1.22 bits per heavy atom. The first kappa shape index (κ1) is 13.6. The van der Waals surface area contributed by atoms with Gasteiger partial charge in [-0.25, -0.2) is 0 Å². The summed E-state index contributed by atoms with van der Waals surface area (Å²) in [6.07, 6.45) is 4.11. The largest absolute Gasteiger partial charge is 0.305 e. The molecule has 0 bridgehead atoms. The molecule has 0 saturated carbocycles. The van der Waals surface area contributed by atoms with Crippen LogP contribution in [-0.2, 0) is 6.54 Å². The number of piperidine rings is 1. The van der Waals surface area contributed by atoms with Crippen LogP contribution in [0.3, 0.4) is 0 Å². The summed E-state index contributed by atoms with van der Waals surface area (Å²) in [6, 6.07) is 11.6. The zero-order valence-corrected chi connectivity index (χ0v) is 11.8.